The Bertz CT molecular complexity index is 533. The molecule has 0 saturated heterocycles. The Balaban J connectivity index is 2.71. The van der Waals surface area contributed by atoms with E-state index in [-0.39, 0.29) is 4.57 Å². The lowest BCUT2D eigenvalue weighted by molar-refractivity contribution is 0.239. The van der Waals surface area contributed by atoms with E-state index < -0.39 is 23.1 Å². The van der Waals surface area contributed by atoms with Gasteiger partial charge in [0, 0.05) is 12.7 Å². The third-order valence-electron chi connectivity index (χ3n) is 2.37. The third kappa shape index (κ3) is 3.54. The fourth-order valence-electron chi connectivity index (χ4n) is 1.42. The summed E-state index contributed by atoms with van der Waals surface area (Å²) in [5.74, 6) is -0.672. The number of nitrogens with zero attached hydrogens (tertiary/aromatic N) is 1. The molecule has 0 radical (unpaired) electrons. The number of aromatic nitrogens is 2. The van der Waals surface area contributed by atoms with Crippen molar-refractivity contribution < 1.29 is 9.18 Å². The fraction of sp³-hybridized carbons (Fsp3) is 0.545. The minimum atomic E-state index is -1.25. The Morgan fingerprint density at radius 3 is 2.78 bits per heavy atom. The van der Waals surface area contributed by atoms with E-state index in [0.29, 0.717) is 18.7 Å². The number of H-pyrrole nitrogens is 1. The van der Waals surface area contributed by atoms with Crippen molar-refractivity contribution in [2.75, 3.05) is 6.54 Å². The Kier molecular flexibility index (Phi) is 4.82. The molecule has 0 fully saturated rings. The van der Waals surface area contributed by atoms with E-state index in [1.807, 2.05) is 18.8 Å². The van der Waals surface area contributed by atoms with E-state index in [9.17, 15) is 18.8 Å². The highest BCUT2D eigenvalue weighted by molar-refractivity contribution is 5.76. The van der Waals surface area contributed by atoms with Gasteiger partial charge in [0.2, 0.25) is 5.82 Å². The Hall–Kier alpha value is -1.92. The molecule has 0 spiro atoms. The van der Waals surface area contributed by atoms with E-state index in [2.05, 4.69) is 5.32 Å². The maximum Gasteiger partial charge on any atom is 0.336 e. The molecular weight excluding hydrogens is 241 g/mol. The highest BCUT2D eigenvalue weighted by Crippen LogP contribution is 2.01. The van der Waals surface area contributed by atoms with Crippen molar-refractivity contribution in [1.29, 1.82) is 0 Å². The normalized spacial score (nSPS) is 10.7. The van der Waals surface area contributed by atoms with E-state index in [1.54, 1.807) is 0 Å². The standard InChI is InChI=1S/C11H16FN3O3/c1-7(2)4-3-5-13-10(17)15-9(16)8(12)6-14-11(15)18/h6-7H,3-5H2,1-2H3,(H,13,17)(H,14,18). The lowest BCUT2D eigenvalue weighted by Gasteiger charge is -2.07. The summed E-state index contributed by atoms with van der Waals surface area (Å²) < 4.78 is 13.1. The van der Waals surface area contributed by atoms with Crippen LogP contribution in [0.4, 0.5) is 9.18 Å². The van der Waals surface area contributed by atoms with Crippen LogP contribution in [-0.4, -0.2) is 22.1 Å². The molecule has 0 bridgehead atoms. The first kappa shape index (κ1) is 14.1. The predicted octanol–water partition coefficient (Wildman–Crippen LogP) is 0.670. The van der Waals surface area contributed by atoms with E-state index in [4.69, 9.17) is 0 Å². The van der Waals surface area contributed by atoms with Crippen LogP contribution in [0, 0.1) is 11.7 Å². The van der Waals surface area contributed by atoms with Crippen LogP contribution in [0.15, 0.2) is 15.8 Å². The van der Waals surface area contributed by atoms with Gasteiger partial charge in [-0.3, -0.25) is 4.79 Å². The van der Waals surface area contributed by atoms with Crippen LogP contribution in [0.1, 0.15) is 26.7 Å². The van der Waals surface area contributed by atoms with Crippen LogP contribution < -0.4 is 16.6 Å². The number of aromatic amines is 1. The van der Waals surface area contributed by atoms with E-state index in [0.717, 1.165) is 12.8 Å². The zero-order chi connectivity index (χ0) is 13.7. The summed E-state index contributed by atoms with van der Waals surface area (Å²) >= 11 is 0. The van der Waals surface area contributed by atoms with Crippen molar-refractivity contribution in [3.05, 3.63) is 32.9 Å². The molecule has 7 heteroatoms. The molecule has 6 nitrogen and oxygen atoms in total. The number of nitrogens with one attached hydrogen (secondary N) is 2. The van der Waals surface area contributed by atoms with Gasteiger partial charge in [0.05, 0.1) is 0 Å². The molecule has 0 saturated carbocycles. The average molecular weight is 257 g/mol. The molecular formula is C11H16FN3O3. The molecule has 1 aromatic heterocycles. The summed E-state index contributed by atoms with van der Waals surface area (Å²) in [7, 11) is 0. The van der Waals surface area contributed by atoms with Gasteiger partial charge in [0.1, 0.15) is 0 Å². The molecule has 18 heavy (non-hydrogen) atoms. The monoisotopic (exact) mass is 257 g/mol. The van der Waals surface area contributed by atoms with Gasteiger partial charge in [0.25, 0.3) is 0 Å². The molecule has 0 atom stereocenters. The highest BCUT2D eigenvalue weighted by atomic mass is 19.1. The number of halogens is 1. The molecule has 0 aliphatic rings. The molecule has 0 aliphatic carbocycles. The van der Waals surface area contributed by atoms with Gasteiger partial charge in [-0.05, 0) is 18.8 Å². The van der Waals surface area contributed by atoms with Crippen LogP contribution in [0.25, 0.3) is 0 Å². The van der Waals surface area contributed by atoms with Crippen molar-refractivity contribution in [2.45, 2.75) is 26.7 Å². The second-order valence-corrected chi connectivity index (χ2v) is 4.35. The summed E-state index contributed by atoms with van der Waals surface area (Å²) in [5, 5.41) is 2.40. The molecule has 1 rings (SSSR count). The lowest BCUT2D eigenvalue weighted by atomic mass is 10.1. The predicted molar refractivity (Wildman–Crippen MR) is 64.1 cm³/mol. The van der Waals surface area contributed by atoms with Crippen molar-refractivity contribution in [3.63, 3.8) is 0 Å². The van der Waals surface area contributed by atoms with Gasteiger partial charge in [-0.15, -0.1) is 0 Å². The van der Waals surface area contributed by atoms with Gasteiger partial charge >= 0.3 is 17.3 Å². The number of carbonyl (C=O) groups excluding carboxylic acids is 1. The second-order valence-electron chi connectivity index (χ2n) is 4.35. The maximum atomic E-state index is 12.9. The number of carbonyl (C=O) groups is 1. The zero-order valence-electron chi connectivity index (χ0n) is 10.3. The SMILES string of the molecule is CC(C)CCCNC(=O)n1c(=O)[nH]cc(F)c1=O. The first-order valence-corrected chi connectivity index (χ1v) is 5.72. The van der Waals surface area contributed by atoms with Gasteiger partial charge in [0.15, 0.2) is 0 Å². The van der Waals surface area contributed by atoms with Gasteiger partial charge < -0.3 is 10.3 Å². The van der Waals surface area contributed by atoms with Crippen LogP contribution in [0.3, 0.4) is 0 Å². The Morgan fingerprint density at radius 2 is 2.17 bits per heavy atom. The summed E-state index contributed by atoms with van der Waals surface area (Å²) in [6.07, 6.45) is 2.27. The van der Waals surface area contributed by atoms with Crippen molar-refractivity contribution in [2.24, 2.45) is 5.92 Å². The van der Waals surface area contributed by atoms with Crippen LogP contribution in [0.5, 0.6) is 0 Å². The van der Waals surface area contributed by atoms with Gasteiger partial charge in [-0.2, -0.15) is 8.96 Å². The quantitative estimate of drug-likeness (QED) is 0.777. The number of amides is 1. The Morgan fingerprint density at radius 1 is 1.50 bits per heavy atom. The zero-order valence-corrected chi connectivity index (χ0v) is 10.3. The average Bonchev–Trinajstić information content (AvgIpc) is 2.30. The fourth-order valence-corrected chi connectivity index (χ4v) is 1.42. The van der Waals surface area contributed by atoms with Crippen LogP contribution >= 0.6 is 0 Å². The first-order valence-electron chi connectivity index (χ1n) is 5.72. The molecule has 100 valence electrons. The van der Waals surface area contributed by atoms with Gasteiger partial charge in [-0.1, -0.05) is 13.8 Å². The lowest BCUT2D eigenvalue weighted by Crippen LogP contribution is -2.46. The minimum Gasteiger partial charge on any atom is -0.337 e. The molecule has 1 amide bonds. The number of rotatable bonds is 4. The van der Waals surface area contributed by atoms with Crippen molar-refractivity contribution >= 4 is 6.03 Å². The van der Waals surface area contributed by atoms with Crippen molar-refractivity contribution in [1.82, 2.24) is 14.9 Å². The largest absolute Gasteiger partial charge is 0.337 e. The second kappa shape index (κ2) is 6.13. The first-order chi connectivity index (χ1) is 8.43. The Labute approximate surface area is 103 Å². The summed E-state index contributed by atoms with van der Waals surface area (Å²) in [5.41, 5.74) is -2.21. The van der Waals surface area contributed by atoms with E-state index in [1.165, 1.54) is 0 Å². The number of hydrogen-bond donors (Lipinski definition) is 2. The highest BCUT2D eigenvalue weighted by Gasteiger charge is 2.13. The molecule has 1 heterocycles. The van der Waals surface area contributed by atoms with Gasteiger partial charge in [-0.25, -0.2) is 9.59 Å². The molecule has 0 aromatic carbocycles. The minimum absolute atomic E-state index is 0.213. The van der Waals surface area contributed by atoms with Crippen LogP contribution in [-0.2, 0) is 0 Å². The maximum absolute atomic E-state index is 12.9. The third-order valence-corrected chi connectivity index (χ3v) is 2.37. The van der Waals surface area contributed by atoms with E-state index >= 15 is 0 Å². The molecule has 0 unspecified atom stereocenters. The summed E-state index contributed by atoms with van der Waals surface area (Å²) in [4.78, 5) is 36.1. The molecule has 0 aliphatic heterocycles. The van der Waals surface area contributed by atoms with Crippen LogP contribution in [0.2, 0.25) is 0 Å². The molecule has 1 aromatic rings. The smallest absolute Gasteiger partial charge is 0.336 e. The summed E-state index contributed by atoms with van der Waals surface area (Å²) in [6.45, 7) is 4.42. The van der Waals surface area contributed by atoms with Crippen molar-refractivity contribution in [3.8, 4) is 0 Å². The summed E-state index contributed by atoms with van der Waals surface area (Å²) in [6, 6.07) is -0.912. The topological polar surface area (TPSA) is 84.0 Å². The number of hydrogen-bond acceptors (Lipinski definition) is 3. The molecule has 2 N–H and O–H groups in total.